The third-order valence-electron chi connectivity index (χ3n) is 5.25. The fraction of sp³-hybridized carbons (Fsp3) is 0.667. The molecule has 2 unspecified atom stereocenters. The van der Waals surface area contributed by atoms with Crippen molar-refractivity contribution in [3.63, 3.8) is 0 Å². The van der Waals surface area contributed by atoms with E-state index in [0.717, 1.165) is 25.7 Å². The molecule has 5 heteroatoms. The summed E-state index contributed by atoms with van der Waals surface area (Å²) in [6.07, 6.45) is 6.16. The smallest absolute Gasteiger partial charge is 0.207 e. The van der Waals surface area contributed by atoms with Gasteiger partial charge in [-0.15, -0.1) is 0 Å². The molecular formula is C18H27NO2S2. The van der Waals surface area contributed by atoms with Crippen molar-refractivity contribution in [2.45, 2.75) is 74.1 Å². The first kappa shape index (κ1) is 17.3. The molecule has 3 nitrogen and oxygen atoms in total. The fourth-order valence-electron chi connectivity index (χ4n) is 3.92. The van der Waals surface area contributed by atoms with Crippen LogP contribution in [0.2, 0.25) is 0 Å². The van der Waals surface area contributed by atoms with Crippen molar-refractivity contribution >= 4 is 21.8 Å². The molecule has 0 aliphatic carbocycles. The minimum absolute atomic E-state index is 0.0397. The van der Waals surface area contributed by atoms with Gasteiger partial charge in [-0.05, 0) is 55.1 Å². The topological polar surface area (TPSA) is 37.4 Å². The van der Waals surface area contributed by atoms with Gasteiger partial charge < -0.3 is 0 Å². The highest BCUT2D eigenvalue weighted by atomic mass is 32.2. The number of nitrogens with zero attached hydrogens (tertiary/aromatic N) is 1. The van der Waals surface area contributed by atoms with E-state index < -0.39 is 10.0 Å². The maximum atomic E-state index is 13.1. The molecule has 2 aliphatic heterocycles. The Kier molecular flexibility index (Phi) is 4.58. The molecule has 128 valence electrons. The lowest BCUT2D eigenvalue weighted by Gasteiger charge is -2.37. The Labute approximate surface area is 144 Å². The lowest BCUT2D eigenvalue weighted by atomic mass is 9.87. The molecule has 1 aromatic carbocycles. The molecule has 2 aliphatic rings. The molecule has 0 spiro atoms. The van der Waals surface area contributed by atoms with E-state index in [1.165, 1.54) is 5.56 Å². The Morgan fingerprint density at radius 3 is 2.00 bits per heavy atom. The van der Waals surface area contributed by atoms with Crippen molar-refractivity contribution in [2.24, 2.45) is 0 Å². The van der Waals surface area contributed by atoms with Gasteiger partial charge in [-0.25, -0.2) is 8.42 Å². The Morgan fingerprint density at radius 2 is 1.57 bits per heavy atom. The Hall–Kier alpha value is -0.520. The van der Waals surface area contributed by atoms with E-state index in [9.17, 15) is 8.42 Å². The van der Waals surface area contributed by atoms with Crippen LogP contribution in [0.3, 0.4) is 0 Å². The quantitative estimate of drug-likeness (QED) is 0.823. The van der Waals surface area contributed by atoms with E-state index >= 15 is 0 Å². The summed E-state index contributed by atoms with van der Waals surface area (Å²) >= 11 is 1.88. The van der Waals surface area contributed by atoms with E-state index in [0.29, 0.717) is 10.1 Å². The minimum Gasteiger partial charge on any atom is -0.207 e. The van der Waals surface area contributed by atoms with Crippen LogP contribution in [0.5, 0.6) is 0 Å². The molecule has 0 radical (unpaired) electrons. The summed E-state index contributed by atoms with van der Waals surface area (Å²) in [6, 6.07) is 7.89. The van der Waals surface area contributed by atoms with Gasteiger partial charge in [0.2, 0.25) is 10.0 Å². The van der Waals surface area contributed by atoms with Crippen LogP contribution < -0.4 is 0 Å². The summed E-state index contributed by atoms with van der Waals surface area (Å²) in [5.74, 6) is 0. The van der Waals surface area contributed by atoms with Crippen molar-refractivity contribution in [3.05, 3.63) is 29.8 Å². The summed E-state index contributed by atoms with van der Waals surface area (Å²) in [5.41, 5.74) is 1.21. The van der Waals surface area contributed by atoms with Gasteiger partial charge in [-0.2, -0.15) is 16.1 Å². The zero-order valence-electron chi connectivity index (χ0n) is 14.5. The van der Waals surface area contributed by atoms with Crippen LogP contribution >= 0.6 is 11.8 Å². The second-order valence-corrected chi connectivity index (χ2v) is 10.8. The molecule has 0 N–H and O–H groups in total. The third-order valence-corrected chi connectivity index (χ3v) is 8.32. The van der Waals surface area contributed by atoms with Crippen LogP contribution in [0.1, 0.15) is 52.0 Å². The molecule has 0 saturated carbocycles. The van der Waals surface area contributed by atoms with Gasteiger partial charge in [-0.1, -0.05) is 32.9 Å². The van der Waals surface area contributed by atoms with Crippen molar-refractivity contribution in [3.8, 4) is 0 Å². The monoisotopic (exact) mass is 353 g/mol. The molecule has 2 saturated heterocycles. The summed E-state index contributed by atoms with van der Waals surface area (Å²) in [4.78, 5) is 0.449. The molecule has 0 amide bonds. The molecule has 2 atom stereocenters. The van der Waals surface area contributed by atoms with Crippen molar-refractivity contribution in [2.75, 3.05) is 6.26 Å². The lowest BCUT2D eigenvalue weighted by molar-refractivity contribution is 0.253. The van der Waals surface area contributed by atoms with Crippen LogP contribution in [0.4, 0.5) is 0 Å². The van der Waals surface area contributed by atoms with E-state index in [1.54, 1.807) is 12.1 Å². The number of thioether (sulfide) groups is 1. The molecule has 1 aromatic rings. The predicted octanol–water partition coefficient (Wildman–Crippen LogP) is 4.03. The summed E-state index contributed by atoms with van der Waals surface area (Å²) in [5, 5.41) is 0.613. The Morgan fingerprint density at radius 1 is 1.04 bits per heavy atom. The van der Waals surface area contributed by atoms with Crippen molar-refractivity contribution in [1.29, 1.82) is 0 Å². The first-order valence-electron chi connectivity index (χ1n) is 8.40. The van der Waals surface area contributed by atoms with Crippen LogP contribution in [0.15, 0.2) is 29.2 Å². The van der Waals surface area contributed by atoms with Crippen molar-refractivity contribution < 1.29 is 8.42 Å². The number of hydrogen-bond donors (Lipinski definition) is 0. The first-order chi connectivity index (χ1) is 10.7. The van der Waals surface area contributed by atoms with E-state index in [1.807, 2.05) is 28.2 Å². The van der Waals surface area contributed by atoms with Crippen LogP contribution in [-0.4, -0.2) is 36.3 Å². The summed E-state index contributed by atoms with van der Waals surface area (Å²) in [7, 11) is -3.37. The molecule has 2 bridgehead atoms. The van der Waals surface area contributed by atoms with Crippen molar-refractivity contribution in [1.82, 2.24) is 4.31 Å². The SMILES string of the molecule is CSC1CC2CCC(C1)N2S(=O)(=O)c1ccc(C(C)(C)C)cc1. The zero-order valence-corrected chi connectivity index (χ0v) is 16.1. The Bertz CT molecular complexity index is 647. The minimum atomic E-state index is -3.37. The largest absolute Gasteiger partial charge is 0.243 e. The van der Waals surface area contributed by atoms with Crippen LogP contribution in [-0.2, 0) is 15.4 Å². The number of sulfonamides is 1. The average molecular weight is 354 g/mol. The number of benzene rings is 1. The average Bonchev–Trinajstić information content (AvgIpc) is 2.78. The van der Waals surface area contributed by atoms with Gasteiger partial charge in [0.15, 0.2) is 0 Å². The lowest BCUT2D eigenvalue weighted by Crippen LogP contribution is -2.47. The third kappa shape index (κ3) is 3.20. The standard InChI is InChI=1S/C18H27NO2S2/c1-18(2,3)13-5-9-17(10-6-13)23(20,21)19-14-7-8-15(19)12-16(11-14)22-4/h5-6,9-10,14-16H,7-8,11-12H2,1-4H3. The molecule has 2 heterocycles. The molecule has 23 heavy (non-hydrogen) atoms. The highest BCUT2D eigenvalue weighted by Crippen LogP contribution is 2.42. The maximum Gasteiger partial charge on any atom is 0.243 e. The summed E-state index contributed by atoms with van der Waals surface area (Å²) in [6.45, 7) is 6.43. The summed E-state index contributed by atoms with van der Waals surface area (Å²) < 4.78 is 28.1. The van der Waals surface area contributed by atoms with Gasteiger partial charge in [0.1, 0.15) is 0 Å². The van der Waals surface area contributed by atoms with E-state index in [4.69, 9.17) is 0 Å². The van der Waals surface area contributed by atoms with Gasteiger partial charge in [0.25, 0.3) is 0 Å². The maximum absolute atomic E-state index is 13.1. The first-order valence-corrected chi connectivity index (χ1v) is 11.1. The zero-order chi connectivity index (χ0) is 16.8. The second kappa shape index (κ2) is 6.08. The number of hydrogen-bond acceptors (Lipinski definition) is 3. The molecular weight excluding hydrogens is 326 g/mol. The Balaban J connectivity index is 1.88. The number of piperidine rings is 1. The normalized spacial score (nSPS) is 29.0. The fourth-order valence-corrected chi connectivity index (χ4v) is 6.64. The van der Waals surface area contributed by atoms with E-state index in [-0.39, 0.29) is 17.5 Å². The van der Waals surface area contributed by atoms with Crippen LogP contribution in [0.25, 0.3) is 0 Å². The second-order valence-electron chi connectivity index (χ2n) is 7.82. The number of fused-ring (bicyclic) bond motifs is 2. The van der Waals surface area contributed by atoms with Crippen LogP contribution in [0, 0.1) is 0 Å². The van der Waals surface area contributed by atoms with E-state index in [2.05, 4.69) is 27.0 Å². The number of rotatable bonds is 3. The molecule has 3 rings (SSSR count). The highest BCUT2D eigenvalue weighted by molar-refractivity contribution is 7.99. The predicted molar refractivity (Wildman–Crippen MR) is 97.5 cm³/mol. The van der Waals surface area contributed by atoms with Gasteiger partial charge in [-0.3, -0.25) is 0 Å². The van der Waals surface area contributed by atoms with Gasteiger partial charge in [0.05, 0.1) is 4.90 Å². The molecule has 2 fully saturated rings. The highest BCUT2D eigenvalue weighted by Gasteiger charge is 2.46. The van der Waals surface area contributed by atoms with Gasteiger partial charge >= 0.3 is 0 Å². The molecule has 0 aromatic heterocycles. The van der Waals surface area contributed by atoms with Gasteiger partial charge in [0, 0.05) is 17.3 Å².